The van der Waals surface area contributed by atoms with Crippen molar-refractivity contribution in [3.05, 3.63) is 47.4 Å². The number of aromatic nitrogens is 2. The molecule has 0 aliphatic rings. The topological polar surface area (TPSA) is 43.6 Å². The monoisotopic (exact) mass is 306 g/mol. The standard InChI is InChI=1S/C14H11ClN2O2S/c1-2-19-13(18)11-7-17-8-12(20-14(17)16-11)9-5-3-4-6-10(9)15/h3-8H,2H2,1H3. The van der Waals surface area contributed by atoms with E-state index >= 15 is 0 Å². The predicted molar refractivity (Wildman–Crippen MR) is 79.5 cm³/mol. The molecule has 0 bridgehead atoms. The lowest BCUT2D eigenvalue weighted by Crippen LogP contribution is -2.04. The highest BCUT2D eigenvalue weighted by molar-refractivity contribution is 7.20. The van der Waals surface area contributed by atoms with E-state index in [2.05, 4.69) is 4.98 Å². The fourth-order valence-corrected chi connectivity index (χ4v) is 3.18. The number of carbonyl (C=O) groups is 1. The molecule has 0 atom stereocenters. The fraction of sp³-hybridized carbons (Fsp3) is 0.143. The second-order valence-electron chi connectivity index (χ2n) is 4.11. The number of rotatable bonds is 3. The summed E-state index contributed by atoms with van der Waals surface area (Å²) in [6.45, 7) is 2.11. The number of fused-ring (bicyclic) bond motifs is 1. The number of carbonyl (C=O) groups excluding carboxylic acids is 1. The van der Waals surface area contributed by atoms with Crippen LogP contribution in [0.1, 0.15) is 17.4 Å². The zero-order chi connectivity index (χ0) is 14.1. The van der Waals surface area contributed by atoms with Gasteiger partial charge in [0.15, 0.2) is 10.7 Å². The Balaban J connectivity index is 1.99. The van der Waals surface area contributed by atoms with Crippen molar-refractivity contribution in [2.45, 2.75) is 6.92 Å². The molecule has 0 saturated heterocycles. The van der Waals surface area contributed by atoms with Crippen molar-refractivity contribution in [2.75, 3.05) is 6.61 Å². The molecule has 6 heteroatoms. The van der Waals surface area contributed by atoms with Crippen LogP contribution in [0.5, 0.6) is 0 Å². The molecule has 0 saturated carbocycles. The summed E-state index contributed by atoms with van der Waals surface area (Å²) in [6, 6.07) is 7.64. The van der Waals surface area contributed by atoms with E-state index in [0.29, 0.717) is 17.3 Å². The van der Waals surface area contributed by atoms with E-state index in [4.69, 9.17) is 16.3 Å². The van der Waals surface area contributed by atoms with Crippen molar-refractivity contribution < 1.29 is 9.53 Å². The van der Waals surface area contributed by atoms with Gasteiger partial charge in [0.1, 0.15) is 0 Å². The third-order valence-electron chi connectivity index (χ3n) is 2.78. The molecule has 102 valence electrons. The van der Waals surface area contributed by atoms with Gasteiger partial charge in [-0.25, -0.2) is 9.78 Å². The lowest BCUT2D eigenvalue weighted by atomic mass is 10.2. The number of halogens is 1. The van der Waals surface area contributed by atoms with Gasteiger partial charge in [0, 0.05) is 23.0 Å². The average Bonchev–Trinajstić information content (AvgIpc) is 2.97. The van der Waals surface area contributed by atoms with Gasteiger partial charge in [0.25, 0.3) is 0 Å². The summed E-state index contributed by atoms with van der Waals surface area (Å²) >= 11 is 7.66. The minimum absolute atomic E-state index is 0.323. The van der Waals surface area contributed by atoms with Crippen LogP contribution in [0.15, 0.2) is 36.7 Å². The summed E-state index contributed by atoms with van der Waals surface area (Å²) in [6.07, 6.45) is 3.58. The van der Waals surface area contributed by atoms with Crippen LogP contribution in [0.3, 0.4) is 0 Å². The van der Waals surface area contributed by atoms with Crippen LogP contribution >= 0.6 is 22.9 Å². The van der Waals surface area contributed by atoms with Crippen LogP contribution in [0.2, 0.25) is 5.02 Å². The van der Waals surface area contributed by atoms with E-state index in [0.717, 1.165) is 15.4 Å². The van der Waals surface area contributed by atoms with E-state index in [1.807, 2.05) is 34.9 Å². The third kappa shape index (κ3) is 2.30. The van der Waals surface area contributed by atoms with E-state index < -0.39 is 5.97 Å². The number of esters is 1. The molecule has 4 nitrogen and oxygen atoms in total. The molecule has 0 N–H and O–H groups in total. The highest BCUT2D eigenvalue weighted by atomic mass is 35.5. The largest absolute Gasteiger partial charge is 0.461 e. The first-order chi connectivity index (χ1) is 9.69. The molecule has 0 fully saturated rings. The molecule has 0 unspecified atom stereocenters. The van der Waals surface area contributed by atoms with E-state index in [-0.39, 0.29) is 0 Å². The first-order valence-corrected chi connectivity index (χ1v) is 7.29. The van der Waals surface area contributed by atoms with Gasteiger partial charge < -0.3 is 4.74 Å². The highest BCUT2D eigenvalue weighted by Crippen LogP contribution is 2.33. The van der Waals surface area contributed by atoms with Crippen LogP contribution < -0.4 is 0 Å². The molecule has 0 radical (unpaired) electrons. The van der Waals surface area contributed by atoms with Crippen LogP contribution in [0.25, 0.3) is 15.4 Å². The molecule has 1 aromatic carbocycles. The molecule has 3 rings (SSSR count). The maximum Gasteiger partial charge on any atom is 0.358 e. The molecule has 3 aromatic rings. The Labute approximate surface area is 124 Å². The van der Waals surface area contributed by atoms with Crippen molar-refractivity contribution in [1.29, 1.82) is 0 Å². The minimum atomic E-state index is -0.400. The Morgan fingerprint density at radius 3 is 2.90 bits per heavy atom. The zero-order valence-corrected chi connectivity index (χ0v) is 12.2. The Bertz CT molecular complexity index is 747. The van der Waals surface area contributed by atoms with Gasteiger partial charge in [-0.15, -0.1) is 0 Å². The van der Waals surface area contributed by atoms with Gasteiger partial charge in [-0.3, -0.25) is 4.40 Å². The average molecular weight is 307 g/mol. The maximum absolute atomic E-state index is 11.6. The second-order valence-corrected chi connectivity index (χ2v) is 5.53. The Kier molecular flexibility index (Phi) is 3.46. The molecule has 0 amide bonds. The van der Waals surface area contributed by atoms with Crippen molar-refractivity contribution in [3.63, 3.8) is 0 Å². The normalized spacial score (nSPS) is 10.9. The summed E-state index contributed by atoms with van der Waals surface area (Å²) < 4.78 is 6.74. The number of benzene rings is 1. The second kappa shape index (κ2) is 5.26. The number of thiazole rings is 1. The molecule has 0 aliphatic heterocycles. The molecular formula is C14H11ClN2O2S. The first kappa shape index (κ1) is 13.1. The van der Waals surface area contributed by atoms with Gasteiger partial charge in [-0.1, -0.05) is 41.1 Å². The fourth-order valence-electron chi connectivity index (χ4n) is 1.88. The SMILES string of the molecule is CCOC(=O)c1cn2cc(-c3ccccc3Cl)sc2n1. The predicted octanol–water partition coefficient (Wildman–Crippen LogP) is 3.89. The van der Waals surface area contributed by atoms with E-state index in [1.165, 1.54) is 11.3 Å². The lowest BCUT2D eigenvalue weighted by Gasteiger charge is -1.99. The summed E-state index contributed by atoms with van der Waals surface area (Å²) in [5, 5.41) is 0.697. The molecule has 2 heterocycles. The number of nitrogens with zero attached hydrogens (tertiary/aromatic N) is 2. The highest BCUT2D eigenvalue weighted by Gasteiger charge is 2.15. The van der Waals surface area contributed by atoms with E-state index in [1.54, 1.807) is 13.1 Å². The van der Waals surface area contributed by atoms with Crippen LogP contribution in [-0.4, -0.2) is 22.0 Å². The number of hydrogen-bond donors (Lipinski definition) is 0. The quantitative estimate of drug-likeness (QED) is 0.689. The summed E-state index contributed by atoms with van der Waals surface area (Å²) in [7, 11) is 0. The molecule has 20 heavy (non-hydrogen) atoms. The smallest absolute Gasteiger partial charge is 0.358 e. The lowest BCUT2D eigenvalue weighted by molar-refractivity contribution is 0.0520. The summed E-state index contributed by atoms with van der Waals surface area (Å²) in [4.78, 5) is 17.6. The van der Waals surface area contributed by atoms with E-state index in [9.17, 15) is 4.79 Å². The first-order valence-electron chi connectivity index (χ1n) is 6.09. The van der Waals surface area contributed by atoms with Crippen molar-refractivity contribution in [1.82, 2.24) is 9.38 Å². The molecule has 0 spiro atoms. The molecule has 2 aromatic heterocycles. The zero-order valence-electron chi connectivity index (χ0n) is 10.7. The third-order valence-corrected chi connectivity index (χ3v) is 4.14. The summed E-state index contributed by atoms with van der Waals surface area (Å²) in [5.74, 6) is -0.400. The van der Waals surface area contributed by atoms with Gasteiger partial charge in [0.2, 0.25) is 0 Å². The van der Waals surface area contributed by atoms with Crippen LogP contribution in [0.4, 0.5) is 0 Å². The van der Waals surface area contributed by atoms with Gasteiger partial charge in [0.05, 0.1) is 11.5 Å². The number of imidazole rings is 1. The maximum atomic E-state index is 11.6. The minimum Gasteiger partial charge on any atom is -0.461 e. The molecule has 0 aliphatic carbocycles. The van der Waals surface area contributed by atoms with Crippen molar-refractivity contribution in [2.24, 2.45) is 0 Å². The Morgan fingerprint density at radius 2 is 2.20 bits per heavy atom. The van der Waals surface area contributed by atoms with Gasteiger partial charge >= 0.3 is 5.97 Å². The number of ether oxygens (including phenoxy) is 1. The van der Waals surface area contributed by atoms with Crippen molar-refractivity contribution >= 4 is 33.9 Å². The van der Waals surface area contributed by atoms with Crippen LogP contribution in [-0.2, 0) is 4.74 Å². The van der Waals surface area contributed by atoms with Gasteiger partial charge in [-0.2, -0.15) is 0 Å². The van der Waals surface area contributed by atoms with Gasteiger partial charge in [-0.05, 0) is 13.0 Å². The van der Waals surface area contributed by atoms with Crippen molar-refractivity contribution in [3.8, 4) is 10.4 Å². The van der Waals surface area contributed by atoms with Crippen LogP contribution in [0, 0.1) is 0 Å². The Morgan fingerprint density at radius 1 is 1.40 bits per heavy atom. The number of hydrogen-bond acceptors (Lipinski definition) is 4. The summed E-state index contributed by atoms with van der Waals surface area (Å²) in [5.41, 5.74) is 1.28. The molecular weight excluding hydrogens is 296 g/mol. The Hall–Kier alpha value is -1.85.